The normalized spacial score (nSPS) is 14.3. The van der Waals surface area contributed by atoms with Crippen LogP contribution in [0.5, 0.6) is 0 Å². The van der Waals surface area contributed by atoms with Crippen LogP contribution in [0.3, 0.4) is 0 Å². The molecule has 0 aromatic rings. The van der Waals surface area contributed by atoms with E-state index in [0.717, 1.165) is 4.89 Å². The van der Waals surface area contributed by atoms with Crippen molar-refractivity contribution in [1.82, 2.24) is 4.89 Å². The van der Waals surface area contributed by atoms with Crippen LogP contribution in [0.4, 0.5) is 0 Å². The monoisotopic (exact) mass is 271 g/mol. The molecule has 0 rings (SSSR count). The van der Waals surface area contributed by atoms with E-state index >= 15 is 0 Å². The minimum absolute atomic E-state index is 0.872. The van der Waals surface area contributed by atoms with Gasteiger partial charge < -0.3 is 19.6 Å². The molecule has 0 spiro atoms. The molecule has 0 amide bonds. The molecule has 0 atom stereocenters. The van der Waals surface area contributed by atoms with Crippen molar-refractivity contribution < 1.29 is 41.7 Å². The Morgan fingerprint density at radius 1 is 1.14 bits per heavy atom. The highest BCUT2D eigenvalue weighted by atomic mass is 32.2. The molecule has 86 valence electrons. The molecule has 0 bridgehead atoms. The molecule has 0 aliphatic heterocycles. The lowest BCUT2D eigenvalue weighted by Gasteiger charge is -2.07. The third-order valence-corrected chi connectivity index (χ3v) is 4.12. The van der Waals surface area contributed by atoms with Gasteiger partial charge in [-0.1, -0.05) is 4.89 Å². The van der Waals surface area contributed by atoms with Gasteiger partial charge in [-0.3, -0.25) is 4.57 Å². The fourth-order valence-electron chi connectivity index (χ4n) is 0.353. The molecule has 0 aliphatic carbocycles. The average molecular weight is 271 g/mol. The van der Waals surface area contributed by atoms with E-state index in [2.05, 4.69) is 4.62 Å². The van der Waals surface area contributed by atoms with Gasteiger partial charge in [0.2, 0.25) is 10.0 Å². The summed E-state index contributed by atoms with van der Waals surface area (Å²) in [5.41, 5.74) is -1.63. The summed E-state index contributed by atoms with van der Waals surface area (Å²) in [5.74, 6) is 0. The number of hydrogen-bond acceptors (Lipinski definition) is 5. The molecule has 5 N–H and O–H groups in total. The lowest BCUT2D eigenvalue weighted by molar-refractivity contribution is 0.169. The van der Waals surface area contributed by atoms with Gasteiger partial charge in [0.1, 0.15) is 0 Å². The molecule has 0 radical (unpaired) electrons. The van der Waals surface area contributed by atoms with Crippen molar-refractivity contribution in [3.8, 4) is 0 Å². The van der Waals surface area contributed by atoms with Crippen molar-refractivity contribution in [3.63, 3.8) is 0 Å². The summed E-state index contributed by atoms with van der Waals surface area (Å²) in [6, 6.07) is 0. The zero-order chi connectivity index (χ0) is 11.6. The molecule has 0 saturated carbocycles. The maximum atomic E-state index is 10.6. The Morgan fingerprint density at radius 3 is 1.86 bits per heavy atom. The Bertz CT molecular complexity index is 372. The molecule has 0 unspecified atom stereocenters. The summed E-state index contributed by atoms with van der Waals surface area (Å²) in [6.07, 6.45) is 0. The van der Waals surface area contributed by atoms with Crippen LogP contribution in [0.25, 0.3) is 0 Å². The zero-order valence-corrected chi connectivity index (χ0v) is 8.95. The first-order valence-corrected chi connectivity index (χ1v) is 7.67. The van der Waals surface area contributed by atoms with E-state index in [1.165, 1.54) is 0 Å². The molecule has 14 heavy (non-hydrogen) atoms. The largest absolute Gasteiger partial charge is 0.487 e. The lowest BCUT2D eigenvalue weighted by Crippen LogP contribution is -2.25. The lowest BCUT2D eigenvalue weighted by atomic mass is 11.9. The van der Waals surface area contributed by atoms with Gasteiger partial charge in [-0.15, -0.1) is 0 Å². The van der Waals surface area contributed by atoms with Gasteiger partial charge in [-0.05, 0) is 0 Å². The Morgan fingerprint density at radius 2 is 1.57 bits per heavy atom. The third kappa shape index (κ3) is 8.75. The van der Waals surface area contributed by atoms with Gasteiger partial charge in [-0.2, -0.15) is 4.62 Å². The molecular formula is CH7NO9P2S. The third-order valence-electron chi connectivity index (χ3n) is 0.621. The summed E-state index contributed by atoms with van der Waals surface area (Å²) in [5, 5.41) is 0. The van der Waals surface area contributed by atoms with Crippen molar-refractivity contribution in [2.24, 2.45) is 0 Å². The van der Waals surface area contributed by atoms with Crippen LogP contribution in [0, 0.1) is 0 Å². The van der Waals surface area contributed by atoms with Gasteiger partial charge in [0.05, 0.1) is 0 Å². The first-order valence-electron chi connectivity index (χ1n) is 2.69. The Hall–Kier alpha value is 0.170. The zero-order valence-electron chi connectivity index (χ0n) is 6.34. The van der Waals surface area contributed by atoms with Gasteiger partial charge >= 0.3 is 15.4 Å². The fraction of sp³-hybridized carbons (Fsp3) is 1.00. The second-order valence-corrected chi connectivity index (χ2v) is 7.00. The highest BCUT2D eigenvalue weighted by Gasteiger charge is 2.27. The Balaban J connectivity index is 4.40. The SMILES string of the molecule is O=P(O)(O)CS(=O)(=O)NOP(=O)(O)O. The maximum Gasteiger partial charge on any atom is 0.487 e. The quantitative estimate of drug-likeness (QED) is 0.282. The second kappa shape index (κ2) is 4.35. The van der Waals surface area contributed by atoms with E-state index in [1.807, 2.05) is 0 Å². The molecule has 0 saturated heterocycles. The van der Waals surface area contributed by atoms with Crippen LogP contribution >= 0.6 is 15.4 Å². The van der Waals surface area contributed by atoms with E-state index in [9.17, 15) is 17.5 Å². The first kappa shape index (κ1) is 14.2. The van der Waals surface area contributed by atoms with E-state index in [-0.39, 0.29) is 0 Å². The molecule has 0 heterocycles. The summed E-state index contributed by atoms with van der Waals surface area (Å²) < 4.78 is 44.8. The van der Waals surface area contributed by atoms with Crippen LogP contribution in [-0.2, 0) is 23.8 Å². The minimum Gasteiger partial charge on any atom is -0.324 e. The number of sulfonamides is 1. The number of nitrogens with one attached hydrogen (secondary N) is 1. The molecule has 0 aromatic carbocycles. The van der Waals surface area contributed by atoms with Crippen molar-refractivity contribution in [2.75, 3.05) is 5.49 Å². The highest BCUT2D eigenvalue weighted by molar-refractivity contribution is 7.95. The van der Waals surface area contributed by atoms with E-state index in [4.69, 9.17) is 19.6 Å². The fourth-order valence-corrected chi connectivity index (χ4v) is 3.18. The topological polar surface area (TPSA) is 170 Å². The van der Waals surface area contributed by atoms with Gasteiger partial charge in [0.15, 0.2) is 5.49 Å². The summed E-state index contributed by atoms with van der Waals surface area (Å²) in [4.78, 5) is 33.4. The molecule has 0 aliphatic rings. The van der Waals surface area contributed by atoms with Crippen LogP contribution in [0.15, 0.2) is 0 Å². The van der Waals surface area contributed by atoms with Crippen molar-refractivity contribution >= 4 is 25.4 Å². The smallest absolute Gasteiger partial charge is 0.324 e. The Kier molecular flexibility index (Phi) is 4.41. The summed E-state index contributed by atoms with van der Waals surface area (Å²) in [6.45, 7) is 0. The van der Waals surface area contributed by atoms with Crippen LogP contribution < -0.4 is 4.89 Å². The molecule has 13 heteroatoms. The van der Waals surface area contributed by atoms with Crippen LogP contribution in [0.2, 0.25) is 0 Å². The summed E-state index contributed by atoms with van der Waals surface area (Å²) >= 11 is 0. The average Bonchev–Trinajstić information content (AvgIpc) is 1.76. The second-order valence-electron chi connectivity index (χ2n) is 2.07. The van der Waals surface area contributed by atoms with E-state index in [0.29, 0.717) is 0 Å². The predicted octanol–water partition coefficient (Wildman–Crippen LogP) is -1.93. The predicted molar refractivity (Wildman–Crippen MR) is 42.1 cm³/mol. The molecule has 0 aromatic heterocycles. The van der Waals surface area contributed by atoms with Gasteiger partial charge in [0.25, 0.3) is 0 Å². The Labute approximate surface area is 78.3 Å². The highest BCUT2D eigenvalue weighted by Crippen LogP contribution is 2.37. The maximum absolute atomic E-state index is 10.6. The number of hydrogen-bond donors (Lipinski definition) is 5. The molecule has 0 fully saturated rings. The van der Waals surface area contributed by atoms with Crippen molar-refractivity contribution in [1.29, 1.82) is 0 Å². The molecular weight excluding hydrogens is 264 g/mol. The van der Waals surface area contributed by atoms with E-state index in [1.54, 1.807) is 0 Å². The standard InChI is InChI=1S/CH7NO9P2S/c3-12(4,5)1-14(9,10)2-11-13(6,7)8/h2H,1H2,(H2,3,4,5)(H2,6,7,8). The first-order chi connectivity index (χ1) is 5.91. The van der Waals surface area contributed by atoms with E-state index < -0.39 is 30.9 Å². The van der Waals surface area contributed by atoms with Crippen molar-refractivity contribution in [2.45, 2.75) is 0 Å². The van der Waals surface area contributed by atoms with Gasteiger partial charge in [-0.25, -0.2) is 13.0 Å². The van der Waals surface area contributed by atoms with Crippen molar-refractivity contribution in [3.05, 3.63) is 0 Å². The number of rotatable bonds is 5. The van der Waals surface area contributed by atoms with Crippen LogP contribution in [0.1, 0.15) is 0 Å². The van der Waals surface area contributed by atoms with Gasteiger partial charge in [0, 0.05) is 0 Å². The minimum atomic E-state index is -5.07. The van der Waals surface area contributed by atoms with Crippen LogP contribution in [-0.4, -0.2) is 33.5 Å². The summed E-state index contributed by atoms with van der Waals surface area (Å²) in [7, 11) is -14.5. The number of phosphoric acid groups is 1. The molecule has 10 nitrogen and oxygen atoms in total.